The van der Waals surface area contributed by atoms with Crippen LogP contribution in [0.5, 0.6) is 5.75 Å². The third-order valence-corrected chi connectivity index (χ3v) is 5.18. The number of aliphatic hydroxyl groups excluding tert-OH is 1. The largest absolute Gasteiger partial charge is 0.490 e. The lowest BCUT2D eigenvalue weighted by atomic mass is 9.87. The van der Waals surface area contributed by atoms with Gasteiger partial charge in [0.25, 0.3) is 6.43 Å². The molecule has 0 heterocycles. The lowest BCUT2D eigenvalue weighted by Crippen LogP contribution is -2.32. The second-order valence-electron chi connectivity index (χ2n) is 7.07. The average Bonchev–Trinajstić information content (AvgIpc) is 2.60. The van der Waals surface area contributed by atoms with Gasteiger partial charge in [0.05, 0.1) is 23.7 Å². The molecule has 2 aromatic rings. The van der Waals surface area contributed by atoms with Gasteiger partial charge in [-0.15, -0.1) is 0 Å². The summed E-state index contributed by atoms with van der Waals surface area (Å²) in [5.41, 5.74) is 0.222. The first-order valence-electron chi connectivity index (χ1n) is 8.93. The van der Waals surface area contributed by atoms with Gasteiger partial charge in [-0.3, -0.25) is 0 Å². The molecule has 1 aliphatic carbocycles. The number of ether oxygens (including phenoxy) is 1. The Balaban J connectivity index is 1.87. The highest BCUT2D eigenvalue weighted by Gasteiger charge is 2.42. The van der Waals surface area contributed by atoms with E-state index >= 15 is 0 Å². The molecule has 0 saturated heterocycles. The van der Waals surface area contributed by atoms with Crippen LogP contribution in [0.2, 0.25) is 0 Å². The number of benzene rings is 2. The van der Waals surface area contributed by atoms with E-state index in [9.17, 15) is 27.1 Å². The molecule has 0 amide bonds. The van der Waals surface area contributed by atoms with Crippen molar-refractivity contribution in [2.24, 2.45) is 5.92 Å². The monoisotopic (exact) mass is 388 g/mol. The minimum absolute atomic E-state index is 0.00398. The highest BCUT2D eigenvalue weighted by molar-refractivity contribution is 5.88. The zero-order valence-corrected chi connectivity index (χ0v) is 14.8. The average molecular weight is 388 g/mol. The first-order chi connectivity index (χ1) is 12.7. The van der Waals surface area contributed by atoms with Gasteiger partial charge >= 0.3 is 6.18 Å². The standard InChI is InChI=1S/C20H21F5O2/c1-11(26)13-3-2-12-4-9-17(18(19(21)22)16(12)10-13)27-15-7-5-14(6-8-15)20(23,24)25/h2-4,9-11,14-15,19,26H,5-8H2,1H3/t11?,14-,15+. The Kier molecular flexibility index (Phi) is 5.60. The van der Waals surface area contributed by atoms with Crippen molar-refractivity contribution >= 4 is 10.8 Å². The molecule has 1 N–H and O–H groups in total. The number of hydrogen-bond donors (Lipinski definition) is 1. The third kappa shape index (κ3) is 4.34. The van der Waals surface area contributed by atoms with E-state index < -0.39 is 30.7 Å². The molecule has 2 nitrogen and oxygen atoms in total. The summed E-state index contributed by atoms with van der Waals surface area (Å²) in [6.07, 6.45) is -8.10. The molecule has 1 unspecified atom stereocenters. The van der Waals surface area contributed by atoms with Crippen LogP contribution in [0.15, 0.2) is 30.3 Å². The van der Waals surface area contributed by atoms with Crippen LogP contribution in [0.4, 0.5) is 22.0 Å². The zero-order chi connectivity index (χ0) is 19.8. The molecular weight excluding hydrogens is 367 g/mol. The smallest absolute Gasteiger partial charge is 0.391 e. The van der Waals surface area contributed by atoms with E-state index in [4.69, 9.17) is 4.74 Å². The van der Waals surface area contributed by atoms with Gasteiger partial charge in [0, 0.05) is 0 Å². The Morgan fingerprint density at radius 2 is 1.67 bits per heavy atom. The van der Waals surface area contributed by atoms with Gasteiger partial charge in [-0.2, -0.15) is 13.2 Å². The zero-order valence-electron chi connectivity index (χ0n) is 14.8. The Labute approximate surface area is 153 Å². The van der Waals surface area contributed by atoms with Gasteiger partial charge in [-0.25, -0.2) is 8.78 Å². The van der Waals surface area contributed by atoms with E-state index in [1.807, 2.05) is 0 Å². The Bertz CT molecular complexity index is 793. The predicted octanol–water partition coefficient (Wildman–Crippen LogP) is 6.33. The van der Waals surface area contributed by atoms with E-state index in [0.29, 0.717) is 10.9 Å². The summed E-state index contributed by atoms with van der Waals surface area (Å²) in [7, 11) is 0. The van der Waals surface area contributed by atoms with Crippen LogP contribution in [0.25, 0.3) is 10.8 Å². The molecule has 2 aromatic carbocycles. The summed E-state index contributed by atoms with van der Waals surface area (Å²) >= 11 is 0. The van der Waals surface area contributed by atoms with Crippen LogP contribution in [0, 0.1) is 5.92 Å². The number of aliphatic hydroxyl groups is 1. The van der Waals surface area contributed by atoms with Crippen molar-refractivity contribution in [3.05, 3.63) is 41.5 Å². The van der Waals surface area contributed by atoms with Crippen molar-refractivity contribution in [3.8, 4) is 5.75 Å². The molecule has 0 radical (unpaired) electrons. The van der Waals surface area contributed by atoms with Gasteiger partial charge in [0.1, 0.15) is 5.75 Å². The molecule has 1 atom stereocenters. The van der Waals surface area contributed by atoms with Crippen LogP contribution >= 0.6 is 0 Å². The Hall–Kier alpha value is -1.89. The quantitative estimate of drug-likeness (QED) is 0.620. The molecular formula is C20H21F5O2. The van der Waals surface area contributed by atoms with E-state index in [2.05, 4.69) is 0 Å². The van der Waals surface area contributed by atoms with Gasteiger partial charge in [0.2, 0.25) is 0 Å². The molecule has 1 fully saturated rings. The Morgan fingerprint density at radius 1 is 1.04 bits per heavy atom. The second-order valence-corrected chi connectivity index (χ2v) is 7.07. The number of rotatable bonds is 4. The molecule has 3 rings (SSSR count). The number of halogens is 5. The molecule has 0 bridgehead atoms. The highest BCUT2D eigenvalue weighted by atomic mass is 19.4. The number of alkyl halides is 5. The first-order valence-corrected chi connectivity index (χ1v) is 8.93. The van der Waals surface area contributed by atoms with Crippen molar-refractivity contribution in [1.29, 1.82) is 0 Å². The minimum Gasteiger partial charge on any atom is -0.490 e. The maximum atomic E-state index is 13.8. The molecule has 0 aliphatic heterocycles. The molecule has 7 heteroatoms. The Morgan fingerprint density at radius 3 is 2.22 bits per heavy atom. The van der Waals surface area contributed by atoms with E-state index in [1.54, 1.807) is 25.1 Å². The van der Waals surface area contributed by atoms with Crippen LogP contribution < -0.4 is 4.74 Å². The van der Waals surface area contributed by atoms with E-state index in [0.717, 1.165) is 0 Å². The van der Waals surface area contributed by atoms with Crippen LogP contribution in [0.1, 0.15) is 56.3 Å². The fourth-order valence-electron chi connectivity index (χ4n) is 3.62. The summed E-state index contributed by atoms with van der Waals surface area (Å²) in [6, 6.07) is 7.92. The predicted molar refractivity (Wildman–Crippen MR) is 92.0 cm³/mol. The molecule has 0 spiro atoms. The molecule has 148 valence electrons. The summed E-state index contributed by atoms with van der Waals surface area (Å²) in [5.74, 6) is -1.35. The van der Waals surface area contributed by atoms with E-state index in [1.165, 1.54) is 12.1 Å². The van der Waals surface area contributed by atoms with Gasteiger partial charge < -0.3 is 9.84 Å². The molecule has 0 aromatic heterocycles. The lowest BCUT2D eigenvalue weighted by Gasteiger charge is -2.30. The number of fused-ring (bicyclic) bond motifs is 1. The van der Waals surface area contributed by atoms with Crippen molar-refractivity contribution < 1.29 is 31.8 Å². The topological polar surface area (TPSA) is 29.5 Å². The SMILES string of the molecule is CC(O)c1ccc2ccc(O[C@H]3CC[C@@H](C(F)(F)F)CC3)c(C(F)F)c2c1. The summed E-state index contributed by atoms with van der Waals surface area (Å²) in [6.45, 7) is 1.54. The maximum Gasteiger partial charge on any atom is 0.391 e. The maximum absolute atomic E-state index is 13.8. The van der Waals surface area contributed by atoms with Crippen LogP contribution in [0.3, 0.4) is 0 Å². The van der Waals surface area contributed by atoms with Gasteiger partial charge in [0.15, 0.2) is 0 Å². The van der Waals surface area contributed by atoms with Crippen LogP contribution in [-0.2, 0) is 0 Å². The van der Waals surface area contributed by atoms with Crippen molar-refractivity contribution in [3.63, 3.8) is 0 Å². The van der Waals surface area contributed by atoms with Gasteiger partial charge in [-0.1, -0.05) is 18.2 Å². The number of hydrogen-bond acceptors (Lipinski definition) is 2. The molecule has 1 saturated carbocycles. The fourth-order valence-corrected chi connectivity index (χ4v) is 3.62. The van der Waals surface area contributed by atoms with Crippen LogP contribution in [-0.4, -0.2) is 17.4 Å². The second kappa shape index (κ2) is 7.62. The highest BCUT2D eigenvalue weighted by Crippen LogP contribution is 2.41. The van der Waals surface area contributed by atoms with Gasteiger partial charge in [-0.05, 0) is 61.1 Å². The lowest BCUT2D eigenvalue weighted by molar-refractivity contribution is -0.185. The molecule has 27 heavy (non-hydrogen) atoms. The third-order valence-electron chi connectivity index (χ3n) is 5.18. The summed E-state index contributed by atoms with van der Waals surface area (Å²) in [5, 5.41) is 10.6. The summed E-state index contributed by atoms with van der Waals surface area (Å²) < 4.78 is 71.6. The fraction of sp³-hybridized carbons (Fsp3) is 0.500. The first kappa shape index (κ1) is 19.9. The van der Waals surface area contributed by atoms with E-state index in [-0.39, 0.29) is 42.4 Å². The van der Waals surface area contributed by atoms with Crippen molar-refractivity contribution in [2.45, 2.75) is 57.4 Å². The van der Waals surface area contributed by atoms with Crippen molar-refractivity contribution in [2.75, 3.05) is 0 Å². The normalized spacial score (nSPS) is 22.2. The van der Waals surface area contributed by atoms with Crippen molar-refractivity contribution in [1.82, 2.24) is 0 Å². The minimum atomic E-state index is -4.22. The molecule has 1 aliphatic rings. The summed E-state index contributed by atoms with van der Waals surface area (Å²) in [4.78, 5) is 0.